The Labute approximate surface area is 120 Å². The number of anilines is 1. The Morgan fingerprint density at radius 3 is 2.60 bits per heavy atom. The molecule has 0 saturated carbocycles. The number of nitrogens with zero attached hydrogens (tertiary/aromatic N) is 1. The van der Waals surface area contributed by atoms with Crippen LogP contribution in [-0.2, 0) is 10.0 Å². The first-order chi connectivity index (χ1) is 9.31. The number of aromatic carboxylic acids is 1. The van der Waals surface area contributed by atoms with Crippen molar-refractivity contribution in [3.8, 4) is 0 Å². The van der Waals surface area contributed by atoms with Crippen molar-refractivity contribution < 1.29 is 18.3 Å². The van der Waals surface area contributed by atoms with Gasteiger partial charge in [-0.3, -0.25) is 4.72 Å². The third kappa shape index (κ3) is 2.81. The molecule has 106 valence electrons. The highest BCUT2D eigenvalue weighted by atomic mass is 32.2. The summed E-state index contributed by atoms with van der Waals surface area (Å²) in [5, 5.41) is 9.74. The van der Waals surface area contributed by atoms with E-state index in [9.17, 15) is 13.2 Å². The number of hydrogen-bond donors (Lipinski definition) is 2. The zero-order chi connectivity index (χ0) is 14.9. The number of carboxylic acid groups (broad SMARTS) is 1. The minimum absolute atomic E-state index is 0.0505. The van der Waals surface area contributed by atoms with Gasteiger partial charge in [-0.15, -0.1) is 11.3 Å². The van der Waals surface area contributed by atoms with Crippen molar-refractivity contribution in [2.24, 2.45) is 0 Å². The fraction of sp³-hybridized carbons (Fsp3) is 0.167. The van der Waals surface area contributed by atoms with Crippen molar-refractivity contribution >= 4 is 33.0 Å². The lowest BCUT2D eigenvalue weighted by atomic mass is 10.1. The molecule has 20 heavy (non-hydrogen) atoms. The maximum atomic E-state index is 12.2. The number of hydrogen-bond acceptors (Lipinski definition) is 5. The van der Waals surface area contributed by atoms with Crippen LogP contribution < -0.4 is 4.72 Å². The van der Waals surface area contributed by atoms with E-state index in [0.717, 1.165) is 11.3 Å². The quantitative estimate of drug-likeness (QED) is 0.902. The van der Waals surface area contributed by atoms with Gasteiger partial charge < -0.3 is 5.11 Å². The minimum atomic E-state index is -3.83. The largest absolute Gasteiger partial charge is 0.478 e. The molecule has 0 aliphatic rings. The van der Waals surface area contributed by atoms with Crippen molar-refractivity contribution in [2.45, 2.75) is 18.1 Å². The molecule has 0 unspecified atom stereocenters. The number of para-hydroxylation sites is 1. The molecule has 0 bridgehead atoms. The van der Waals surface area contributed by atoms with E-state index in [0.29, 0.717) is 10.6 Å². The van der Waals surface area contributed by atoms with Crippen LogP contribution in [0.2, 0.25) is 0 Å². The lowest BCUT2D eigenvalue weighted by molar-refractivity contribution is 0.0698. The number of nitrogens with one attached hydrogen (secondary N) is 1. The Balaban J connectivity index is 2.47. The molecule has 1 heterocycles. The molecule has 0 atom stereocenters. The second-order valence-electron chi connectivity index (χ2n) is 4.11. The van der Waals surface area contributed by atoms with Crippen molar-refractivity contribution in [1.29, 1.82) is 0 Å². The van der Waals surface area contributed by atoms with Crippen molar-refractivity contribution in [3.05, 3.63) is 40.5 Å². The first kappa shape index (κ1) is 14.5. The van der Waals surface area contributed by atoms with Crippen LogP contribution in [0.1, 0.15) is 20.9 Å². The molecular formula is C12H12N2O4S2. The van der Waals surface area contributed by atoms with E-state index >= 15 is 0 Å². The summed E-state index contributed by atoms with van der Waals surface area (Å²) in [6.45, 7) is 3.34. The zero-order valence-electron chi connectivity index (χ0n) is 10.7. The normalized spacial score (nSPS) is 11.3. The molecule has 2 aromatic rings. The van der Waals surface area contributed by atoms with E-state index in [4.69, 9.17) is 5.11 Å². The fourth-order valence-electron chi connectivity index (χ4n) is 1.63. The maximum Gasteiger partial charge on any atom is 0.337 e. The molecule has 0 aliphatic carbocycles. The summed E-state index contributed by atoms with van der Waals surface area (Å²) in [7, 11) is -3.83. The lowest BCUT2D eigenvalue weighted by Crippen LogP contribution is -2.15. The monoisotopic (exact) mass is 312 g/mol. The van der Waals surface area contributed by atoms with Crippen LogP contribution in [0.4, 0.5) is 5.69 Å². The molecule has 6 nitrogen and oxygen atoms in total. The number of aromatic nitrogens is 1. The Kier molecular flexibility index (Phi) is 3.78. The summed E-state index contributed by atoms with van der Waals surface area (Å²) in [6.07, 6.45) is 1.25. The van der Waals surface area contributed by atoms with E-state index in [1.807, 2.05) is 0 Å². The fourth-order valence-corrected chi connectivity index (χ4v) is 3.89. The zero-order valence-corrected chi connectivity index (χ0v) is 12.4. The van der Waals surface area contributed by atoms with Crippen LogP contribution in [0, 0.1) is 13.8 Å². The highest BCUT2D eigenvalue weighted by Gasteiger charge is 2.21. The summed E-state index contributed by atoms with van der Waals surface area (Å²) in [5.74, 6) is -1.19. The van der Waals surface area contributed by atoms with Gasteiger partial charge in [0.2, 0.25) is 0 Å². The van der Waals surface area contributed by atoms with Gasteiger partial charge in [0.05, 0.1) is 22.5 Å². The van der Waals surface area contributed by atoms with Crippen LogP contribution in [-0.4, -0.2) is 24.5 Å². The van der Waals surface area contributed by atoms with Gasteiger partial charge >= 0.3 is 5.97 Å². The average Bonchev–Trinajstić information content (AvgIpc) is 2.79. The van der Waals surface area contributed by atoms with Crippen molar-refractivity contribution in [3.63, 3.8) is 0 Å². The molecule has 8 heteroatoms. The van der Waals surface area contributed by atoms with E-state index in [-0.39, 0.29) is 15.5 Å². The molecule has 2 rings (SSSR count). The molecule has 0 saturated heterocycles. The van der Waals surface area contributed by atoms with Crippen LogP contribution >= 0.6 is 11.3 Å². The molecule has 1 aromatic carbocycles. The predicted octanol–water partition coefficient (Wildman–Crippen LogP) is 2.26. The summed E-state index contributed by atoms with van der Waals surface area (Å²) in [6, 6.07) is 4.56. The Morgan fingerprint density at radius 2 is 2.05 bits per heavy atom. The first-order valence-corrected chi connectivity index (χ1v) is 7.89. The van der Waals surface area contributed by atoms with Gasteiger partial charge in [-0.1, -0.05) is 12.1 Å². The number of rotatable bonds is 4. The highest BCUT2D eigenvalue weighted by Crippen LogP contribution is 2.26. The summed E-state index contributed by atoms with van der Waals surface area (Å²) < 4.78 is 26.8. The van der Waals surface area contributed by atoms with Crippen LogP contribution in [0.25, 0.3) is 0 Å². The SMILES string of the molecule is Cc1ncc(S(=O)(=O)Nc2c(C)cccc2C(=O)O)s1. The second-order valence-corrected chi connectivity index (χ2v) is 7.25. The predicted molar refractivity (Wildman–Crippen MR) is 75.8 cm³/mol. The van der Waals surface area contributed by atoms with E-state index in [1.165, 1.54) is 12.3 Å². The number of carboxylic acids is 1. The molecular weight excluding hydrogens is 300 g/mol. The third-order valence-electron chi connectivity index (χ3n) is 2.60. The van der Waals surface area contributed by atoms with Crippen molar-refractivity contribution in [2.75, 3.05) is 4.72 Å². The molecule has 2 N–H and O–H groups in total. The highest BCUT2D eigenvalue weighted by molar-refractivity contribution is 7.94. The average molecular weight is 312 g/mol. The molecule has 1 aromatic heterocycles. The van der Waals surface area contributed by atoms with Gasteiger partial charge in [0.25, 0.3) is 10.0 Å². The van der Waals surface area contributed by atoms with Crippen molar-refractivity contribution in [1.82, 2.24) is 4.98 Å². The molecule has 0 radical (unpaired) electrons. The Bertz CT molecular complexity index is 766. The van der Waals surface area contributed by atoms with Gasteiger partial charge in [-0.05, 0) is 25.5 Å². The van der Waals surface area contributed by atoms with Crippen LogP contribution in [0.5, 0.6) is 0 Å². The molecule has 0 amide bonds. The van der Waals surface area contributed by atoms with Crippen LogP contribution in [0.3, 0.4) is 0 Å². The topological polar surface area (TPSA) is 96.4 Å². The molecule has 0 spiro atoms. The number of sulfonamides is 1. The van der Waals surface area contributed by atoms with E-state index in [2.05, 4.69) is 9.71 Å². The second kappa shape index (κ2) is 5.22. The van der Waals surface area contributed by atoms with Gasteiger partial charge in [0.1, 0.15) is 0 Å². The first-order valence-electron chi connectivity index (χ1n) is 5.59. The Hall–Kier alpha value is -1.93. The number of carbonyl (C=O) groups is 1. The number of aryl methyl sites for hydroxylation is 2. The van der Waals surface area contributed by atoms with Crippen LogP contribution in [0.15, 0.2) is 28.6 Å². The summed E-state index contributed by atoms with van der Waals surface area (Å²) in [5.41, 5.74) is 0.524. The lowest BCUT2D eigenvalue weighted by Gasteiger charge is -2.11. The summed E-state index contributed by atoms with van der Waals surface area (Å²) >= 11 is 1.03. The van der Waals surface area contributed by atoms with Gasteiger partial charge in [0, 0.05) is 0 Å². The van der Waals surface area contributed by atoms with Gasteiger partial charge in [-0.25, -0.2) is 18.2 Å². The Morgan fingerprint density at radius 1 is 1.35 bits per heavy atom. The summed E-state index contributed by atoms with van der Waals surface area (Å²) in [4.78, 5) is 15.0. The maximum absolute atomic E-state index is 12.2. The third-order valence-corrected chi connectivity index (χ3v) is 5.33. The van der Waals surface area contributed by atoms with E-state index < -0.39 is 16.0 Å². The smallest absolute Gasteiger partial charge is 0.337 e. The molecule has 0 aliphatic heterocycles. The molecule has 0 fully saturated rings. The standard InChI is InChI=1S/C12H12N2O4S2/c1-7-4-3-5-9(12(15)16)11(7)14-20(17,18)10-6-13-8(2)19-10/h3-6,14H,1-2H3,(H,15,16). The van der Waals surface area contributed by atoms with Gasteiger partial charge in [0.15, 0.2) is 4.21 Å². The minimum Gasteiger partial charge on any atom is -0.478 e. The van der Waals surface area contributed by atoms with E-state index in [1.54, 1.807) is 26.0 Å². The van der Waals surface area contributed by atoms with Gasteiger partial charge in [-0.2, -0.15) is 0 Å². The number of benzene rings is 1. The number of thiazole rings is 1.